The number of rotatable bonds is 8. The van der Waals surface area contributed by atoms with Gasteiger partial charge in [-0.2, -0.15) is 0 Å². The lowest BCUT2D eigenvalue weighted by atomic mass is 10.2. The highest BCUT2D eigenvalue weighted by atomic mass is 32.2. The van der Waals surface area contributed by atoms with Crippen molar-refractivity contribution in [2.45, 2.75) is 43.0 Å². The molecule has 0 saturated heterocycles. The fourth-order valence-electron chi connectivity index (χ4n) is 3.41. The van der Waals surface area contributed by atoms with Crippen molar-refractivity contribution in [1.29, 1.82) is 0 Å². The molecule has 2 aromatic heterocycles. The maximum absolute atomic E-state index is 12.4. The third-order valence-corrected chi connectivity index (χ3v) is 7.00. The molecule has 1 aliphatic carbocycles. The summed E-state index contributed by atoms with van der Waals surface area (Å²) in [6.45, 7) is 1.98. The van der Waals surface area contributed by atoms with Crippen LogP contribution in [0.4, 0.5) is 5.69 Å². The van der Waals surface area contributed by atoms with Crippen LogP contribution < -0.4 is 5.32 Å². The molecule has 0 radical (unpaired) electrons. The molecule has 0 bridgehead atoms. The first kappa shape index (κ1) is 20.9. The van der Waals surface area contributed by atoms with Crippen molar-refractivity contribution >= 4 is 34.7 Å². The number of anilines is 1. The summed E-state index contributed by atoms with van der Waals surface area (Å²) in [5.74, 6) is 2.18. The molecular formula is C24H23N5OS2. The minimum absolute atomic E-state index is 0.0507. The Morgan fingerprint density at radius 1 is 1.12 bits per heavy atom. The zero-order valence-corrected chi connectivity index (χ0v) is 19.3. The normalized spacial score (nSPS) is 13.3. The van der Waals surface area contributed by atoms with Crippen LogP contribution in [0.1, 0.15) is 40.8 Å². The summed E-state index contributed by atoms with van der Waals surface area (Å²) in [5.41, 5.74) is 3.88. The molecule has 32 heavy (non-hydrogen) atoms. The molecule has 1 saturated carbocycles. The van der Waals surface area contributed by atoms with E-state index >= 15 is 0 Å². The second kappa shape index (κ2) is 9.26. The number of nitrogens with one attached hydrogen (secondary N) is 1. The van der Waals surface area contributed by atoms with Crippen LogP contribution in [0, 0.1) is 6.92 Å². The average Bonchev–Trinajstić information content (AvgIpc) is 3.41. The van der Waals surface area contributed by atoms with Gasteiger partial charge >= 0.3 is 0 Å². The molecule has 1 N–H and O–H groups in total. The zero-order chi connectivity index (χ0) is 21.9. The molecule has 162 valence electrons. The van der Waals surface area contributed by atoms with E-state index in [1.54, 1.807) is 11.8 Å². The number of amides is 1. The standard InChI is InChI=1S/C24H23N5OS2/c1-16-7-5-6-10-20(16)26-21(30)13-22-25-18(14-31-22)15-32-24-27-23(17-11-12-17)29(28-24)19-8-3-2-4-9-19/h2-10,14,17H,11-13,15H2,1H3,(H,26,30). The molecule has 2 heterocycles. The number of benzene rings is 2. The smallest absolute Gasteiger partial charge is 0.231 e. The second-order valence-electron chi connectivity index (χ2n) is 7.84. The lowest BCUT2D eigenvalue weighted by Crippen LogP contribution is -2.15. The SMILES string of the molecule is Cc1ccccc1NC(=O)Cc1nc(CSc2nc(C3CC3)n(-c3ccccc3)n2)cs1. The lowest BCUT2D eigenvalue weighted by Gasteiger charge is -2.06. The molecule has 0 spiro atoms. The fraction of sp³-hybridized carbons (Fsp3) is 0.250. The highest BCUT2D eigenvalue weighted by Gasteiger charge is 2.30. The van der Waals surface area contributed by atoms with Crippen molar-refractivity contribution in [3.63, 3.8) is 0 Å². The molecule has 4 aromatic rings. The van der Waals surface area contributed by atoms with Gasteiger partial charge in [0.15, 0.2) is 0 Å². The topological polar surface area (TPSA) is 72.7 Å². The third-order valence-electron chi connectivity index (χ3n) is 5.24. The van der Waals surface area contributed by atoms with Crippen LogP contribution in [0.2, 0.25) is 0 Å². The number of carbonyl (C=O) groups excluding carboxylic acids is 1. The lowest BCUT2D eigenvalue weighted by molar-refractivity contribution is -0.115. The summed E-state index contributed by atoms with van der Waals surface area (Å²) < 4.78 is 1.97. The molecule has 1 aliphatic rings. The van der Waals surface area contributed by atoms with Crippen LogP contribution in [-0.4, -0.2) is 25.7 Å². The van der Waals surface area contributed by atoms with E-state index < -0.39 is 0 Å². The van der Waals surface area contributed by atoms with Crippen molar-refractivity contribution in [3.8, 4) is 5.69 Å². The second-order valence-corrected chi connectivity index (χ2v) is 9.72. The minimum atomic E-state index is -0.0507. The summed E-state index contributed by atoms with van der Waals surface area (Å²) >= 11 is 3.10. The Morgan fingerprint density at radius 2 is 1.91 bits per heavy atom. The molecule has 5 rings (SSSR count). The highest BCUT2D eigenvalue weighted by molar-refractivity contribution is 7.98. The number of aromatic nitrogens is 4. The quantitative estimate of drug-likeness (QED) is 0.357. The van der Waals surface area contributed by atoms with Crippen LogP contribution in [-0.2, 0) is 17.0 Å². The molecule has 0 aliphatic heterocycles. The van der Waals surface area contributed by atoms with Gasteiger partial charge in [0.25, 0.3) is 0 Å². The average molecular weight is 462 g/mol. The summed E-state index contributed by atoms with van der Waals surface area (Å²) in [6.07, 6.45) is 2.63. The molecule has 0 atom stereocenters. The van der Waals surface area contributed by atoms with Gasteiger partial charge < -0.3 is 5.32 Å². The first-order valence-electron chi connectivity index (χ1n) is 10.6. The van der Waals surface area contributed by atoms with Crippen LogP contribution in [0.15, 0.2) is 65.1 Å². The Labute approximate surface area is 195 Å². The van der Waals surface area contributed by atoms with Gasteiger partial charge in [0, 0.05) is 22.7 Å². The van der Waals surface area contributed by atoms with E-state index in [4.69, 9.17) is 10.1 Å². The van der Waals surface area contributed by atoms with E-state index in [0.29, 0.717) is 11.7 Å². The molecule has 8 heteroatoms. The Morgan fingerprint density at radius 3 is 2.69 bits per heavy atom. The molecule has 2 aromatic carbocycles. The molecule has 0 unspecified atom stereocenters. The third kappa shape index (κ3) is 4.92. The van der Waals surface area contributed by atoms with Crippen molar-refractivity contribution in [2.75, 3.05) is 5.32 Å². The van der Waals surface area contributed by atoms with Gasteiger partial charge in [0.1, 0.15) is 10.8 Å². The molecular weight excluding hydrogens is 438 g/mol. The minimum Gasteiger partial charge on any atom is -0.325 e. The highest BCUT2D eigenvalue weighted by Crippen LogP contribution is 2.40. The zero-order valence-electron chi connectivity index (χ0n) is 17.7. The number of carbonyl (C=O) groups is 1. The van der Waals surface area contributed by atoms with E-state index in [1.807, 2.05) is 59.5 Å². The first-order chi connectivity index (χ1) is 15.7. The van der Waals surface area contributed by atoms with Crippen molar-refractivity contribution in [3.05, 3.63) is 82.1 Å². The van der Waals surface area contributed by atoms with E-state index in [1.165, 1.54) is 24.2 Å². The predicted octanol–water partition coefficient (Wildman–Crippen LogP) is 5.38. The van der Waals surface area contributed by atoms with Crippen LogP contribution in [0.3, 0.4) is 0 Å². The van der Waals surface area contributed by atoms with Gasteiger partial charge in [0.2, 0.25) is 11.1 Å². The van der Waals surface area contributed by atoms with E-state index in [9.17, 15) is 4.79 Å². The number of aryl methyl sites for hydroxylation is 1. The van der Waals surface area contributed by atoms with Gasteiger partial charge in [-0.05, 0) is 43.5 Å². The van der Waals surface area contributed by atoms with E-state index in [2.05, 4.69) is 22.4 Å². The summed E-state index contributed by atoms with van der Waals surface area (Å²) in [6, 6.07) is 17.9. The van der Waals surface area contributed by atoms with Gasteiger partial charge in [-0.1, -0.05) is 48.2 Å². The molecule has 1 fully saturated rings. The fourth-order valence-corrected chi connectivity index (χ4v) is 5.03. The number of nitrogens with zero attached hydrogens (tertiary/aromatic N) is 4. The van der Waals surface area contributed by atoms with Crippen molar-refractivity contribution in [2.24, 2.45) is 0 Å². The van der Waals surface area contributed by atoms with Crippen LogP contribution in [0.25, 0.3) is 5.69 Å². The van der Waals surface area contributed by atoms with E-state index in [0.717, 1.165) is 38.6 Å². The maximum Gasteiger partial charge on any atom is 0.231 e. The van der Waals surface area contributed by atoms with Crippen molar-refractivity contribution in [1.82, 2.24) is 19.7 Å². The Balaban J connectivity index is 1.21. The number of para-hydroxylation sites is 2. The first-order valence-corrected chi connectivity index (χ1v) is 12.5. The maximum atomic E-state index is 12.4. The summed E-state index contributed by atoms with van der Waals surface area (Å²) in [4.78, 5) is 21.8. The van der Waals surface area contributed by atoms with Crippen LogP contribution >= 0.6 is 23.1 Å². The number of hydrogen-bond donors (Lipinski definition) is 1. The van der Waals surface area contributed by atoms with Crippen molar-refractivity contribution < 1.29 is 4.79 Å². The van der Waals surface area contributed by atoms with Gasteiger partial charge in [0.05, 0.1) is 17.8 Å². The van der Waals surface area contributed by atoms with Gasteiger partial charge in [-0.15, -0.1) is 16.4 Å². The van der Waals surface area contributed by atoms with E-state index in [-0.39, 0.29) is 12.3 Å². The monoisotopic (exact) mass is 461 g/mol. The van der Waals surface area contributed by atoms with Gasteiger partial charge in [-0.3, -0.25) is 4.79 Å². The Hall–Kier alpha value is -2.97. The Kier molecular flexibility index (Phi) is 6.05. The largest absolute Gasteiger partial charge is 0.325 e. The van der Waals surface area contributed by atoms with Gasteiger partial charge in [-0.25, -0.2) is 14.6 Å². The van der Waals surface area contributed by atoms with Crippen LogP contribution in [0.5, 0.6) is 0 Å². The summed E-state index contributed by atoms with van der Waals surface area (Å²) in [7, 11) is 0. The number of hydrogen-bond acceptors (Lipinski definition) is 6. The molecule has 6 nitrogen and oxygen atoms in total. The molecule has 1 amide bonds. The predicted molar refractivity (Wildman–Crippen MR) is 129 cm³/mol. The number of thiazole rings is 1. The summed E-state index contributed by atoms with van der Waals surface area (Å²) in [5, 5.41) is 11.3. The Bertz CT molecular complexity index is 1230. The number of thioether (sulfide) groups is 1.